The molecule has 49 valence electrons. The molecular formula is C5H11O3. The maximum atomic E-state index is 10.3. The van der Waals surface area contributed by atoms with Gasteiger partial charge in [0, 0.05) is 13.7 Å². The predicted molar refractivity (Wildman–Crippen MR) is 28.0 cm³/mol. The molecule has 0 bridgehead atoms. The van der Waals surface area contributed by atoms with E-state index in [2.05, 4.69) is 4.74 Å². The molecule has 3 nitrogen and oxygen atoms in total. The van der Waals surface area contributed by atoms with Gasteiger partial charge in [-0.25, -0.2) is 0 Å². The Bertz CT molecular complexity index is 46.9. The van der Waals surface area contributed by atoms with Gasteiger partial charge in [-0.05, 0) is 6.92 Å². The minimum atomic E-state index is -1.02. The fraction of sp³-hybridized carbons (Fsp3) is 1.00. The predicted octanol–water partition coefficient (Wildman–Crippen LogP) is 0.426. The number of hydrogen-bond donors (Lipinski definition) is 0. The average molecular weight is 119 g/mol. The van der Waals surface area contributed by atoms with Gasteiger partial charge in [-0.3, -0.25) is 0 Å². The van der Waals surface area contributed by atoms with Gasteiger partial charge < -0.3 is 9.47 Å². The van der Waals surface area contributed by atoms with Crippen LogP contribution in [-0.4, -0.2) is 26.6 Å². The number of rotatable bonds is 4. The lowest BCUT2D eigenvalue weighted by atomic mass is 10.7. The zero-order valence-electron chi connectivity index (χ0n) is 5.22. The monoisotopic (exact) mass is 119 g/mol. The Hall–Kier alpha value is -0.120. The molecule has 0 saturated heterocycles. The topological polar surface area (TPSA) is 38.4 Å². The molecule has 0 aromatic heterocycles. The Kier molecular flexibility index (Phi) is 4.95. The quantitative estimate of drug-likeness (QED) is 0.503. The summed E-state index contributed by atoms with van der Waals surface area (Å²) in [5.41, 5.74) is 0. The van der Waals surface area contributed by atoms with Crippen LogP contribution in [0.5, 0.6) is 0 Å². The van der Waals surface area contributed by atoms with E-state index in [1.54, 1.807) is 0 Å². The van der Waals surface area contributed by atoms with Gasteiger partial charge in [0.1, 0.15) is 6.61 Å². The minimum Gasteiger partial charge on any atom is -0.376 e. The van der Waals surface area contributed by atoms with E-state index in [4.69, 9.17) is 4.74 Å². The van der Waals surface area contributed by atoms with Crippen LogP contribution in [0, 0.1) is 0 Å². The van der Waals surface area contributed by atoms with Crippen molar-refractivity contribution >= 4 is 0 Å². The molecule has 0 spiro atoms. The van der Waals surface area contributed by atoms with Gasteiger partial charge in [-0.15, -0.1) is 0 Å². The number of hydrogen-bond acceptors (Lipinski definition) is 2. The second kappa shape index (κ2) is 5.03. The number of methoxy groups -OCH3 is 1. The Morgan fingerprint density at radius 3 is 2.62 bits per heavy atom. The fourth-order valence-electron chi connectivity index (χ4n) is 0.282. The lowest BCUT2D eigenvalue weighted by Crippen LogP contribution is -2.15. The molecular weight excluding hydrogens is 108 g/mol. The third-order valence-electron chi connectivity index (χ3n) is 0.721. The first-order valence-corrected chi connectivity index (χ1v) is 2.57. The van der Waals surface area contributed by atoms with E-state index in [0.29, 0.717) is 6.61 Å². The van der Waals surface area contributed by atoms with Crippen LogP contribution in [0.25, 0.3) is 0 Å². The van der Waals surface area contributed by atoms with Gasteiger partial charge in [-0.1, -0.05) is 0 Å². The van der Waals surface area contributed by atoms with Crippen LogP contribution in [0.3, 0.4) is 0 Å². The van der Waals surface area contributed by atoms with Gasteiger partial charge in [0.2, 0.25) is 6.29 Å². The summed E-state index contributed by atoms with van der Waals surface area (Å²) in [7, 11) is 1.37. The molecule has 8 heavy (non-hydrogen) atoms. The molecule has 0 heterocycles. The van der Waals surface area contributed by atoms with E-state index in [1.165, 1.54) is 7.11 Å². The summed E-state index contributed by atoms with van der Waals surface area (Å²) < 4.78 is 9.12. The van der Waals surface area contributed by atoms with Crippen LogP contribution in [-0.2, 0) is 14.6 Å². The molecule has 1 unspecified atom stereocenters. The molecule has 0 saturated carbocycles. The van der Waals surface area contributed by atoms with Crippen molar-refractivity contribution in [1.82, 2.24) is 0 Å². The highest BCUT2D eigenvalue weighted by Gasteiger charge is 1.99. The molecule has 0 aliphatic rings. The molecule has 0 rings (SSSR count). The van der Waals surface area contributed by atoms with Crippen LogP contribution in [0.1, 0.15) is 6.92 Å². The molecule has 1 atom stereocenters. The largest absolute Gasteiger partial charge is 0.376 e. The summed E-state index contributed by atoms with van der Waals surface area (Å²) in [6.45, 7) is 2.55. The van der Waals surface area contributed by atoms with Crippen molar-refractivity contribution in [3.8, 4) is 0 Å². The molecule has 3 heteroatoms. The van der Waals surface area contributed by atoms with E-state index in [9.17, 15) is 5.11 Å². The second-order valence-electron chi connectivity index (χ2n) is 1.32. The highest BCUT2D eigenvalue weighted by molar-refractivity contribution is 4.31. The minimum absolute atomic E-state index is 0.146. The van der Waals surface area contributed by atoms with Crippen molar-refractivity contribution in [1.29, 1.82) is 0 Å². The van der Waals surface area contributed by atoms with E-state index < -0.39 is 6.29 Å². The summed E-state index contributed by atoms with van der Waals surface area (Å²) in [4.78, 5) is 0. The van der Waals surface area contributed by atoms with Crippen molar-refractivity contribution < 1.29 is 14.6 Å². The molecule has 0 aliphatic carbocycles. The Labute approximate surface area is 49.2 Å². The van der Waals surface area contributed by atoms with E-state index >= 15 is 0 Å². The molecule has 0 amide bonds. The normalized spacial score (nSPS) is 13.9. The van der Waals surface area contributed by atoms with Crippen molar-refractivity contribution in [2.75, 3.05) is 20.3 Å². The summed E-state index contributed by atoms with van der Waals surface area (Å²) in [6, 6.07) is 0. The van der Waals surface area contributed by atoms with E-state index in [-0.39, 0.29) is 6.61 Å². The van der Waals surface area contributed by atoms with E-state index in [1.807, 2.05) is 6.92 Å². The third-order valence-corrected chi connectivity index (χ3v) is 0.721. The molecule has 0 fully saturated rings. The maximum absolute atomic E-state index is 10.3. The molecule has 1 radical (unpaired) electrons. The Balaban J connectivity index is 2.86. The Morgan fingerprint density at radius 1 is 1.62 bits per heavy atom. The zero-order valence-corrected chi connectivity index (χ0v) is 5.22. The first kappa shape index (κ1) is 7.88. The van der Waals surface area contributed by atoms with Crippen LogP contribution >= 0.6 is 0 Å². The Morgan fingerprint density at radius 2 is 2.25 bits per heavy atom. The molecule has 0 N–H and O–H groups in total. The zero-order chi connectivity index (χ0) is 6.41. The van der Waals surface area contributed by atoms with Crippen LogP contribution < -0.4 is 0 Å². The van der Waals surface area contributed by atoms with Gasteiger partial charge in [0.15, 0.2) is 0 Å². The molecule has 0 aromatic carbocycles. The third kappa shape index (κ3) is 4.05. The summed E-state index contributed by atoms with van der Waals surface area (Å²) in [6.07, 6.45) is -1.02. The van der Waals surface area contributed by atoms with Gasteiger partial charge >= 0.3 is 0 Å². The second-order valence-corrected chi connectivity index (χ2v) is 1.32. The number of ether oxygens (including phenoxy) is 2. The van der Waals surface area contributed by atoms with Crippen molar-refractivity contribution in [2.24, 2.45) is 0 Å². The van der Waals surface area contributed by atoms with Crippen molar-refractivity contribution in [3.63, 3.8) is 0 Å². The van der Waals surface area contributed by atoms with Crippen molar-refractivity contribution in [3.05, 3.63) is 0 Å². The van der Waals surface area contributed by atoms with Crippen LogP contribution in [0.15, 0.2) is 0 Å². The molecule has 0 aromatic rings. The smallest absolute Gasteiger partial charge is 0.214 e. The first-order valence-electron chi connectivity index (χ1n) is 2.57. The van der Waals surface area contributed by atoms with Crippen LogP contribution in [0.2, 0.25) is 0 Å². The lowest BCUT2D eigenvalue weighted by molar-refractivity contribution is -0.154. The van der Waals surface area contributed by atoms with Gasteiger partial charge in [0.05, 0.1) is 0 Å². The highest BCUT2D eigenvalue weighted by Crippen LogP contribution is 1.84. The summed E-state index contributed by atoms with van der Waals surface area (Å²) in [5, 5.41) is 10.3. The summed E-state index contributed by atoms with van der Waals surface area (Å²) >= 11 is 0. The SMILES string of the molecule is CCOCC([O])OC. The first-order chi connectivity index (χ1) is 3.81. The van der Waals surface area contributed by atoms with E-state index in [0.717, 1.165) is 0 Å². The highest BCUT2D eigenvalue weighted by atomic mass is 16.6. The summed E-state index contributed by atoms with van der Waals surface area (Å²) in [5.74, 6) is 0. The fourth-order valence-corrected chi connectivity index (χ4v) is 0.282. The lowest BCUT2D eigenvalue weighted by Gasteiger charge is -2.03. The molecule has 0 aliphatic heterocycles. The van der Waals surface area contributed by atoms with Gasteiger partial charge in [-0.2, -0.15) is 5.11 Å². The van der Waals surface area contributed by atoms with Crippen molar-refractivity contribution in [2.45, 2.75) is 13.2 Å². The van der Waals surface area contributed by atoms with Crippen LogP contribution in [0.4, 0.5) is 0 Å². The average Bonchev–Trinajstić information content (AvgIpc) is 1.83. The maximum Gasteiger partial charge on any atom is 0.214 e. The standard InChI is InChI=1S/C5H11O3/c1-3-8-4-5(6)7-2/h5H,3-4H2,1-2H3. The van der Waals surface area contributed by atoms with Gasteiger partial charge in [0.25, 0.3) is 0 Å².